The molecular formula is C20H31N3O3. The quantitative estimate of drug-likeness (QED) is 0.793. The maximum atomic E-state index is 12.1. The van der Waals surface area contributed by atoms with Crippen molar-refractivity contribution in [1.29, 1.82) is 0 Å². The van der Waals surface area contributed by atoms with Gasteiger partial charge in [0.1, 0.15) is 5.75 Å². The molecule has 1 aromatic carbocycles. The van der Waals surface area contributed by atoms with Gasteiger partial charge in [-0.2, -0.15) is 0 Å². The Morgan fingerprint density at radius 3 is 2.38 bits per heavy atom. The first-order valence-corrected chi connectivity index (χ1v) is 9.33. The summed E-state index contributed by atoms with van der Waals surface area (Å²) >= 11 is 0. The van der Waals surface area contributed by atoms with E-state index in [1.807, 2.05) is 36.9 Å². The van der Waals surface area contributed by atoms with E-state index < -0.39 is 0 Å². The maximum absolute atomic E-state index is 12.1. The number of piperidine rings is 1. The molecule has 144 valence electrons. The summed E-state index contributed by atoms with van der Waals surface area (Å²) in [6.07, 6.45) is 2.77. The molecule has 0 spiro atoms. The van der Waals surface area contributed by atoms with Gasteiger partial charge < -0.3 is 19.9 Å². The maximum Gasteiger partial charge on any atom is 0.319 e. The van der Waals surface area contributed by atoms with Crippen molar-refractivity contribution in [1.82, 2.24) is 15.1 Å². The van der Waals surface area contributed by atoms with Crippen LogP contribution >= 0.6 is 0 Å². The molecule has 1 N–H and O–H groups in total. The number of rotatable bonds is 6. The number of urea groups is 1. The lowest BCUT2D eigenvalue weighted by Crippen LogP contribution is -2.49. The van der Waals surface area contributed by atoms with E-state index in [-0.39, 0.29) is 18.0 Å². The largest absolute Gasteiger partial charge is 0.493 e. The summed E-state index contributed by atoms with van der Waals surface area (Å²) in [7, 11) is 3.52. The topological polar surface area (TPSA) is 61.9 Å². The summed E-state index contributed by atoms with van der Waals surface area (Å²) in [5, 5.41) is 3.08. The number of hydrogen-bond donors (Lipinski definition) is 1. The zero-order chi connectivity index (χ0) is 19.1. The van der Waals surface area contributed by atoms with Crippen LogP contribution in [0.4, 0.5) is 4.79 Å². The van der Waals surface area contributed by atoms with Gasteiger partial charge in [0.2, 0.25) is 5.91 Å². The predicted octanol–water partition coefficient (Wildman–Crippen LogP) is 2.72. The predicted molar refractivity (Wildman–Crippen MR) is 102 cm³/mol. The molecule has 1 aliphatic rings. The standard InChI is InChI=1S/C20H31N3O3/c1-15-7-5-8-16(2)19(15)26-14-6-9-18(24)21-17-10-12-23(13-11-17)20(25)22(3)4/h5,7-8,17H,6,9-14H2,1-4H3,(H,21,24). The molecule has 0 atom stereocenters. The van der Waals surface area contributed by atoms with Crippen LogP contribution in [0.15, 0.2) is 18.2 Å². The lowest BCUT2D eigenvalue weighted by atomic mass is 10.0. The first-order chi connectivity index (χ1) is 12.4. The van der Waals surface area contributed by atoms with Crippen molar-refractivity contribution in [2.24, 2.45) is 0 Å². The van der Waals surface area contributed by atoms with Crippen LogP contribution in [-0.4, -0.2) is 61.6 Å². The van der Waals surface area contributed by atoms with Crippen LogP contribution in [0.2, 0.25) is 0 Å². The van der Waals surface area contributed by atoms with E-state index in [9.17, 15) is 9.59 Å². The molecule has 6 nitrogen and oxygen atoms in total. The van der Waals surface area contributed by atoms with Crippen LogP contribution in [0, 0.1) is 13.8 Å². The minimum Gasteiger partial charge on any atom is -0.493 e. The third-order valence-electron chi connectivity index (χ3n) is 4.72. The highest BCUT2D eigenvalue weighted by molar-refractivity contribution is 5.76. The van der Waals surface area contributed by atoms with Gasteiger partial charge in [-0.3, -0.25) is 4.79 Å². The molecule has 3 amide bonds. The van der Waals surface area contributed by atoms with Crippen molar-refractivity contribution in [3.63, 3.8) is 0 Å². The van der Waals surface area contributed by atoms with Gasteiger partial charge in [0.05, 0.1) is 6.61 Å². The smallest absolute Gasteiger partial charge is 0.319 e. The number of benzene rings is 1. The van der Waals surface area contributed by atoms with E-state index in [0.717, 1.165) is 29.7 Å². The van der Waals surface area contributed by atoms with Gasteiger partial charge in [-0.25, -0.2) is 4.79 Å². The highest BCUT2D eigenvalue weighted by atomic mass is 16.5. The molecular weight excluding hydrogens is 330 g/mol. The van der Waals surface area contributed by atoms with Gasteiger partial charge in [0, 0.05) is 39.6 Å². The molecule has 0 bridgehead atoms. The zero-order valence-electron chi connectivity index (χ0n) is 16.4. The Kier molecular flexibility index (Phi) is 7.30. The van der Waals surface area contributed by atoms with Crippen molar-refractivity contribution in [3.8, 4) is 5.75 Å². The summed E-state index contributed by atoms with van der Waals surface area (Å²) in [5.41, 5.74) is 2.24. The van der Waals surface area contributed by atoms with Crippen molar-refractivity contribution < 1.29 is 14.3 Å². The molecule has 2 rings (SSSR count). The molecule has 1 heterocycles. The Bertz CT molecular complexity index is 602. The second-order valence-electron chi connectivity index (χ2n) is 7.18. The molecule has 1 saturated heterocycles. The number of ether oxygens (including phenoxy) is 1. The van der Waals surface area contributed by atoms with E-state index in [1.165, 1.54) is 0 Å². The first-order valence-electron chi connectivity index (χ1n) is 9.33. The number of carbonyl (C=O) groups is 2. The fourth-order valence-electron chi connectivity index (χ4n) is 3.23. The van der Waals surface area contributed by atoms with Gasteiger partial charge >= 0.3 is 6.03 Å². The molecule has 0 aliphatic carbocycles. The molecule has 0 saturated carbocycles. The minimum atomic E-state index is 0.0402. The highest BCUT2D eigenvalue weighted by Gasteiger charge is 2.24. The van der Waals surface area contributed by atoms with Crippen LogP contribution in [0.1, 0.15) is 36.8 Å². The molecule has 0 aromatic heterocycles. The number of hydrogen-bond acceptors (Lipinski definition) is 3. The van der Waals surface area contributed by atoms with Gasteiger partial charge in [0.25, 0.3) is 0 Å². The van der Waals surface area contributed by atoms with Crippen molar-refractivity contribution in [2.45, 2.75) is 45.6 Å². The van der Waals surface area contributed by atoms with Crippen molar-refractivity contribution in [2.75, 3.05) is 33.8 Å². The molecule has 26 heavy (non-hydrogen) atoms. The number of para-hydroxylation sites is 1. The second-order valence-corrected chi connectivity index (χ2v) is 7.18. The average molecular weight is 361 g/mol. The molecule has 0 unspecified atom stereocenters. The van der Waals surface area contributed by atoms with Gasteiger partial charge in [-0.05, 0) is 44.2 Å². The third-order valence-corrected chi connectivity index (χ3v) is 4.72. The normalized spacial score (nSPS) is 14.8. The van der Waals surface area contributed by atoms with Crippen molar-refractivity contribution >= 4 is 11.9 Å². The first kappa shape index (κ1) is 20.1. The Morgan fingerprint density at radius 2 is 1.81 bits per heavy atom. The van der Waals surface area contributed by atoms with Crippen molar-refractivity contribution in [3.05, 3.63) is 29.3 Å². The highest BCUT2D eigenvalue weighted by Crippen LogP contribution is 2.22. The number of likely N-dealkylation sites (tertiary alicyclic amines) is 1. The van der Waals surface area contributed by atoms with E-state index in [0.29, 0.717) is 32.5 Å². The monoisotopic (exact) mass is 361 g/mol. The number of aryl methyl sites for hydroxylation is 2. The van der Waals surface area contributed by atoms with Gasteiger partial charge in [0.15, 0.2) is 0 Å². The molecule has 6 heteroatoms. The number of carbonyl (C=O) groups excluding carboxylic acids is 2. The van der Waals surface area contributed by atoms with Crippen LogP contribution < -0.4 is 10.1 Å². The Hall–Kier alpha value is -2.24. The Morgan fingerprint density at radius 1 is 1.19 bits per heavy atom. The summed E-state index contributed by atoms with van der Waals surface area (Å²) in [4.78, 5) is 27.5. The molecule has 0 radical (unpaired) electrons. The van der Waals surface area contributed by atoms with E-state index in [1.54, 1.807) is 19.0 Å². The van der Waals surface area contributed by atoms with E-state index in [2.05, 4.69) is 5.32 Å². The van der Waals surface area contributed by atoms with E-state index >= 15 is 0 Å². The minimum absolute atomic E-state index is 0.0402. The van der Waals surface area contributed by atoms with E-state index in [4.69, 9.17) is 4.74 Å². The van der Waals surface area contributed by atoms with Crippen LogP contribution in [0.3, 0.4) is 0 Å². The third kappa shape index (κ3) is 5.64. The zero-order valence-corrected chi connectivity index (χ0v) is 16.4. The summed E-state index contributed by atoms with van der Waals surface area (Å²) in [6, 6.07) is 6.28. The SMILES string of the molecule is Cc1cccc(C)c1OCCCC(=O)NC1CCN(C(=O)N(C)C)CC1. The Labute approximate surface area is 156 Å². The summed E-state index contributed by atoms with van der Waals surface area (Å²) < 4.78 is 5.84. The second kappa shape index (κ2) is 9.46. The van der Waals surface area contributed by atoms with Gasteiger partial charge in [-0.15, -0.1) is 0 Å². The number of nitrogens with one attached hydrogen (secondary N) is 1. The lowest BCUT2D eigenvalue weighted by Gasteiger charge is -2.33. The Balaban J connectivity index is 1.65. The summed E-state index contributed by atoms with van der Waals surface area (Å²) in [6.45, 7) is 5.98. The fraction of sp³-hybridized carbons (Fsp3) is 0.600. The van der Waals surface area contributed by atoms with Gasteiger partial charge in [-0.1, -0.05) is 18.2 Å². The lowest BCUT2D eigenvalue weighted by molar-refractivity contribution is -0.122. The van der Waals surface area contributed by atoms with Crippen LogP contribution in [-0.2, 0) is 4.79 Å². The summed E-state index contributed by atoms with van der Waals surface area (Å²) in [5.74, 6) is 0.985. The number of nitrogens with zero attached hydrogens (tertiary/aromatic N) is 2. The molecule has 1 fully saturated rings. The molecule has 1 aromatic rings. The van der Waals surface area contributed by atoms with Crippen LogP contribution in [0.5, 0.6) is 5.75 Å². The average Bonchev–Trinajstić information content (AvgIpc) is 2.60. The fourth-order valence-corrected chi connectivity index (χ4v) is 3.23. The van der Waals surface area contributed by atoms with Crippen LogP contribution in [0.25, 0.3) is 0 Å². The molecule has 1 aliphatic heterocycles. The number of amides is 3.